The molecular formula is C17H17ClN2O2S. The second-order valence-electron chi connectivity index (χ2n) is 4.93. The number of benzene rings is 2. The quantitative estimate of drug-likeness (QED) is 0.808. The Balaban J connectivity index is 1.85. The van der Waals surface area contributed by atoms with Gasteiger partial charge in [-0.05, 0) is 23.3 Å². The van der Waals surface area contributed by atoms with E-state index in [9.17, 15) is 9.59 Å². The highest BCUT2D eigenvalue weighted by Gasteiger charge is 2.19. The zero-order chi connectivity index (χ0) is 16.7. The van der Waals surface area contributed by atoms with Gasteiger partial charge in [0.15, 0.2) is 0 Å². The van der Waals surface area contributed by atoms with Crippen LogP contribution in [0.2, 0.25) is 5.02 Å². The summed E-state index contributed by atoms with van der Waals surface area (Å²) >= 11 is 7.29. The second-order valence-corrected chi connectivity index (χ2v) is 6.35. The van der Waals surface area contributed by atoms with E-state index in [-0.39, 0.29) is 11.7 Å². The molecule has 6 heteroatoms. The van der Waals surface area contributed by atoms with Crippen LogP contribution in [0.4, 0.5) is 0 Å². The largest absolute Gasteiger partial charge is 0.368 e. The van der Waals surface area contributed by atoms with Crippen molar-refractivity contribution < 1.29 is 9.59 Å². The van der Waals surface area contributed by atoms with Crippen LogP contribution in [0.1, 0.15) is 17.2 Å². The van der Waals surface area contributed by atoms with Crippen LogP contribution in [-0.4, -0.2) is 17.6 Å². The number of primary amides is 1. The number of thioether (sulfide) groups is 1. The highest BCUT2D eigenvalue weighted by Crippen LogP contribution is 2.16. The molecule has 23 heavy (non-hydrogen) atoms. The number of carbonyl (C=O) groups is 2. The molecule has 1 unspecified atom stereocenters. The molecule has 0 aliphatic carbocycles. The molecule has 0 saturated carbocycles. The molecule has 0 bridgehead atoms. The highest BCUT2D eigenvalue weighted by molar-refractivity contribution is 7.99. The van der Waals surface area contributed by atoms with E-state index in [2.05, 4.69) is 5.32 Å². The minimum absolute atomic E-state index is 0.225. The molecule has 0 aliphatic rings. The first-order valence-corrected chi connectivity index (χ1v) is 8.55. The SMILES string of the molecule is NC(=O)C(NC(=O)CSCc1ccc(Cl)cc1)c1ccccc1. The minimum atomic E-state index is -0.806. The van der Waals surface area contributed by atoms with Crippen LogP contribution >= 0.6 is 23.4 Å². The Kier molecular flexibility index (Phi) is 6.50. The summed E-state index contributed by atoms with van der Waals surface area (Å²) in [4.78, 5) is 23.6. The predicted molar refractivity (Wildman–Crippen MR) is 94.1 cm³/mol. The van der Waals surface area contributed by atoms with Gasteiger partial charge in [0.2, 0.25) is 11.8 Å². The lowest BCUT2D eigenvalue weighted by atomic mass is 10.1. The molecule has 4 nitrogen and oxygen atoms in total. The third kappa shape index (κ3) is 5.62. The van der Waals surface area contributed by atoms with E-state index in [0.717, 1.165) is 5.56 Å². The number of halogens is 1. The van der Waals surface area contributed by atoms with Crippen molar-refractivity contribution >= 4 is 35.2 Å². The van der Waals surface area contributed by atoms with Gasteiger partial charge in [0, 0.05) is 10.8 Å². The van der Waals surface area contributed by atoms with Gasteiger partial charge in [-0.1, -0.05) is 54.1 Å². The van der Waals surface area contributed by atoms with E-state index in [1.54, 1.807) is 24.3 Å². The normalized spacial score (nSPS) is 11.7. The standard InChI is InChI=1S/C17H17ClN2O2S/c18-14-8-6-12(7-9-14)10-23-11-15(21)20-16(17(19)22)13-4-2-1-3-5-13/h1-9,16H,10-11H2,(H2,19,22)(H,20,21). The molecule has 2 aromatic rings. The Bertz CT molecular complexity index is 662. The summed E-state index contributed by atoms with van der Waals surface area (Å²) in [6, 6.07) is 15.6. The van der Waals surface area contributed by atoms with Crippen molar-refractivity contribution in [2.45, 2.75) is 11.8 Å². The molecule has 0 heterocycles. The molecule has 0 spiro atoms. The van der Waals surface area contributed by atoms with Crippen LogP contribution in [0.5, 0.6) is 0 Å². The Morgan fingerprint density at radius 3 is 2.35 bits per heavy atom. The van der Waals surface area contributed by atoms with Gasteiger partial charge >= 0.3 is 0 Å². The minimum Gasteiger partial charge on any atom is -0.368 e. The van der Waals surface area contributed by atoms with E-state index in [4.69, 9.17) is 17.3 Å². The summed E-state index contributed by atoms with van der Waals surface area (Å²) in [6.07, 6.45) is 0. The monoisotopic (exact) mass is 348 g/mol. The first kappa shape index (κ1) is 17.4. The molecule has 0 saturated heterocycles. The molecule has 1 atom stereocenters. The lowest BCUT2D eigenvalue weighted by Gasteiger charge is -2.15. The van der Waals surface area contributed by atoms with Gasteiger partial charge < -0.3 is 11.1 Å². The van der Waals surface area contributed by atoms with E-state index in [1.807, 2.05) is 30.3 Å². The van der Waals surface area contributed by atoms with Crippen LogP contribution < -0.4 is 11.1 Å². The van der Waals surface area contributed by atoms with E-state index >= 15 is 0 Å². The van der Waals surface area contributed by atoms with Gasteiger partial charge in [0.05, 0.1) is 5.75 Å². The summed E-state index contributed by atoms with van der Waals surface area (Å²) in [5.41, 5.74) is 7.14. The molecule has 2 amide bonds. The van der Waals surface area contributed by atoms with Crippen molar-refractivity contribution in [1.82, 2.24) is 5.32 Å². The van der Waals surface area contributed by atoms with Crippen LogP contribution in [0, 0.1) is 0 Å². The average Bonchev–Trinajstić information content (AvgIpc) is 2.55. The molecule has 2 aromatic carbocycles. The van der Waals surface area contributed by atoms with Crippen LogP contribution in [0.3, 0.4) is 0 Å². The Labute approximate surface area is 144 Å². The number of nitrogens with two attached hydrogens (primary N) is 1. The fourth-order valence-corrected chi connectivity index (χ4v) is 2.93. The number of nitrogens with one attached hydrogen (secondary N) is 1. The molecular weight excluding hydrogens is 332 g/mol. The lowest BCUT2D eigenvalue weighted by Crippen LogP contribution is -2.38. The Hall–Kier alpha value is -1.98. The number of carbonyl (C=O) groups excluding carboxylic acids is 2. The molecule has 0 radical (unpaired) electrons. The molecule has 2 rings (SSSR count). The summed E-state index contributed by atoms with van der Waals surface area (Å²) in [5, 5.41) is 3.36. The first-order valence-electron chi connectivity index (χ1n) is 7.02. The molecule has 120 valence electrons. The number of hydrogen-bond acceptors (Lipinski definition) is 3. The van der Waals surface area contributed by atoms with Crippen molar-refractivity contribution in [2.24, 2.45) is 5.73 Å². The molecule has 3 N–H and O–H groups in total. The fourth-order valence-electron chi connectivity index (χ4n) is 2.01. The summed E-state index contributed by atoms with van der Waals surface area (Å²) < 4.78 is 0. The van der Waals surface area contributed by atoms with E-state index in [0.29, 0.717) is 16.3 Å². The zero-order valence-corrected chi connectivity index (χ0v) is 13.9. The molecule has 0 aromatic heterocycles. The predicted octanol–water partition coefficient (Wildman–Crippen LogP) is 2.92. The molecule has 0 fully saturated rings. The van der Waals surface area contributed by atoms with E-state index in [1.165, 1.54) is 11.8 Å². The number of rotatable bonds is 7. The summed E-state index contributed by atoms with van der Waals surface area (Å²) in [5.74, 6) is 0.139. The maximum atomic E-state index is 12.0. The lowest BCUT2D eigenvalue weighted by molar-refractivity contribution is -0.126. The van der Waals surface area contributed by atoms with Gasteiger partial charge in [-0.3, -0.25) is 9.59 Å². The van der Waals surface area contributed by atoms with Gasteiger partial charge in [-0.2, -0.15) is 0 Å². The van der Waals surface area contributed by atoms with Gasteiger partial charge in [0.25, 0.3) is 0 Å². The van der Waals surface area contributed by atoms with Crippen molar-refractivity contribution in [3.05, 3.63) is 70.7 Å². The fraction of sp³-hybridized carbons (Fsp3) is 0.176. The third-order valence-electron chi connectivity index (χ3n) is 3.14. The smallest absolute Gasteiger partial charge is 0.244 e. The Morgan fingerprint density at radius 1 is 1.09 bits per heavy atom. The first-order chi connectivity index (χ1) is 11.1. The Morgan fingerprint density at radius 2 is 1.74 bits per heavy atom. The van der Waals surface area contributed by atoms with Crippen molar-refractivity contribution in [3.8, 4) is 0 Å². The maximum Gasteiger partial charge on any atom is 0.244 e. The topological polar surface area (TPSA) is 72.2 Å². The maximum absolute atomic E-state index is 12.0. The summed E-state index contributed by atoms with van der Waals surface area (Å²) in [6.45, 7) is 0. The second kappa shape index (κ2) is 8.60. The van der Waals surface area contributed by atoms with Crippen LogP contribution in [-0.2, 0) is 15.3 Å². The van der Waals surface area contributed by atoms with Crippen molar-refractivity contribution in [3.63, 3.8) is 0 Å². The highest BCUT2D eigenvalue weighted by atomic mass is 35.5. The van der Waals surface area contributed by atoms with Gasteiger partial charge in [-0.25, -0.2) is 0 Å². The van der Waals surface area contributed by atoms with E-state index < -0.39 is 11.9 Å². The van der Waals surface area contributed by atoms with Crippen molar-refractivity contribution in [1.29, 1.82) is 0 Å². The van der Waals surface area contributed by atoms with Gasteiger partial charge in [0.1, 0.15) is 6.04 Å². The summed E-state index contributed by atoms with van der Waals surface area (Å²) in [7, 11) is 0. The van der Waals surface area contributed by atoms with Crippen LogP contribution in [0.15, 0.2) is 54.6 Å². The average molecular weight is 349 g/mol. The molecule has 0 aliphatic heterocycles. The zero-order valence-electron chi connectivity index (χ0n) is 12.4. The van der Waals surface area contributed by atoms with Gasteiger partial charge in [-0.15, -0.1) is 11.8 Å². The number of amides is 2. The van der Waals surface area contributed by atoms with Crippen LogP contribution in [0.25, 0.3) is 0 Å². The number of hydrogen-bond donors (Lipinski definition) is 2. The van der Waals surface area contributed by atoms with Crippen molar-refractivity contribution in [2.75, 3.05) is 5.75 Å². The third-order valence-corrected chi connectivity index (χ3v) is 4.39.